The molecule has 0 aromatic heterocycles. The van der Waals surface area contributed by atoms with Crippen molar-refractivity contribution in [3.05, 3.63) is 71.8 Å². The van der Waals surface area contributed by atoms with Crippen LogP contribution < -0.4 is 10.6 Å². The molecule has 3 rings (SSSR count). The van der Waals surface area contributed by atoms with Crippen LogP contribution in [0.2, 0.25) is 0 Å². The summed E-state index contributed by atoms with van der Waals surface area (Å²) in [5.41, 5.74) is 2.00. The van der Waals surface area contributed by atoms with E-state index < -0.39 is 36.3 Å². The van der Waals surface area contributed by atoms with Gasteiger partial charge in [0.25, 0.3) is 0 Å². The minimum absolute atomic E-state index is 0.00633. The van der Waals surface area contributed by atoms with Crippen LogP contribution in [0, 0.1) is 12.3 Å². The Morgan fingerprint density at radius 1 is 1.00 bits per heavy atom. The van der Waals surface area contributed by atoms with Crippen LogP contribution in [0.15, 0.2) is 60.7 Å². The maximum atomic E-state index is 13.0. The number of carbonyl (C=O) groups is 4. The van der Waals surface area contributed by atoms with Crippen molar-refractivity contribution < 1.29 is 24.3 Å². The molecule has 194 valence electrons. The molecule has 37 heavy (non-hydrogen) atoms. The van der Waals surface area contributed by atoms with E-state index in [9.17, 15) is 24.3 Å². The zero-order valence-corrected chi connectivity index (χ0v) is 20.5. The van der Waals surface area contributed by atoms with Gasteiger partial charge in [-0.1, -0.05) is 66.6 Å². The summed E-state index contributed by atoms with van der Waals surface area (Å²) >= 11 is 0. The Bertz CT molecular complexity index is 1120. The number of urea groups is 1. The van der Waals surface area contributed by atoms with Crippen molar-refractivity contribution in [2.24, 2.45) is 0 Å². The number of carbonyl (C=O) groups excluding carboxylic acids is 3. The lowest BCUT2D eigenvalue weighted by Gasteiger charge is -2.44. The summed E-state index contributed by atoms with van der Waals surface area (Å²) < 4.78 is 0. The molecule has 1 aliphatic rings. The Morgan fingerprint density at radius 3 is 2.27 bits per heavy atom. The van der Waals surface area contributed by atoms with Crippen molar-refractivity contribution in [2.45, 2.75) is 31.8 Å². The zero-order valence-electron chi connectivity index (χ0n) is 20.5. The van der Waals surface area contributed by atoms with Gasteiger partial charge >= 0.3 is 12.0 Å². The van der Waals surface area contributed by atoms with Crippen molar-refractivity contribution in [2.75, 3.05) is 26.3 Å². The van der Waals surface area contributed by atoms with Crippen LogP contribution in [0.3, 0.4) is 0 Å². The average Bonchev–Trinajstić information content (AvgIpc) is 2.90. The molecule has 1 aliphatic heterocycles. The number of carboxylic acid groups (broad SMARTS) is 1. The second kappa shape index (κ2) is 13.7. The number of nitrogens with one attached hydrogen (secondary N) is 2. The maximum Gasteiger partial charge on any atom is 0.333 e. The molecular weight excluding hydrogens is 474 g/mol. The van der Waals surface area contributed by atoms with Crippen LogP contribution in [-0.4, -0.2) is 76.2 Å². The van der Waals surface area contributed by atoms with Crippen molar-refractivity contribution in [1.82, 2.24) is 25.6 Å². The average molecular weight is 506 g/mol. The number of aryl methyl sites for hydroxylation is 1. The third-order valence-electron chi connectivity index (χ3n) is 5.89. The van der Waals surface area contributed by atoms with Gasteiger partial charge in [0.05, 0.1) is 19.5 Å². The topological polar surface area (TPSA) is 122 Å². The number of nitrogens with zero attached hydrogens (tertiary/aromatic N) is 3. The van der Waals surface area contributed by atoms with Crippen molar-refractivity contribution in [3.8, 4) is 12.3 Å². The first kappa shape index (κ1) is 27.2. The number of aliphatic carboxylic acids is 1. The highest BCUT2D eigenvalue weighted by Gasteiger charge is 2.40. The number of amides is 4. The number of carboxylic acids is 1. The lowest BCUT2D eigenvalue weighted by atomic mass is 10.1. The van der Waals surface area contributed by atoms with Gasteiger partial charge in [-0.05, 0) is 24.0 Å². The second-order valence-electron chi connectivity index (χ2n) is 8.57. The molecule has 0 bridgehead atoms. The van der Waals surface area contributed by atoms with Gasteiger partial charge in [0.15, 0.2) is 0 Å². The first-order chi connectivity index (χ1) is 17.9. The minimum atomic E-state index is -1.28. The monoisotopic (exact) mass is 505 g/mol. The molecule has 2 aromatic rings. The predicted molar refractivity (Wildman–Crippen MR) is 136 cm³/mol. The fourth-order valence-corrected chi connectivity index (χ4v) is 4.00. The van der Waals surface area contributed by atoms with Gasteiger partial charge in [0.1, 0.15) is 12.7 Å². The lowest BCUT2D eigenvalue weighted by Crippen LogP contribution is -2.66. The molecule has 10 nitrogen and oxygen atoms in total. The predicted octanol–water partition coefficient (Wildman–Crippen LogP) is 1.44. The van der Waals surface area contributed by atoms with Crippen LogP contribution in [-0.2, 0) is 27.3 Å². The quantitative estimate of drug-likeness (QED) is 0.314. The Balaban J connectivity index is 1.67. The van der Waals surface area contributed by atoms with E-state index in [0.29, 0.717) is 13.0 Å². The first-order valence-corrected chi connectivity index (χ1v) is 12.0. The van der Waals surface area contributed by atoms with Gasteiger partial charge in [-0.25, -0.2) is 9.80 Å². The van der Waals surface area contributed by atoms with E-state index in [1.54, 1.807) is 0 Å². The van der Waals surface area contributed by atoms with E-state index in [4.69, 9.17) is 6.42 Å². The van der Waals surface area contributed by atoms with Gasteiger partial charge in [0, 0.05) is 13.1 Å². The van der Waals surface area contributed by atoms with Gasteiger partial charge in [0.2, 0.25) is 11.8 Å². The normalized spacial score (nSPS) is 14.5. The molecule has 0 unspecified atom stereocenters. The highest BCUT2D eigenvalue weighted by Crippen LogP contribution is 2.16. The van der Waals surface area contributed by atoms with Gasteiger partial charge in [-0.3, -0.25) is 14.4 Å². The maximum absolute atomic E-state index is 13.0. The number of hydrazine groups is 1. The number of rotatable bonds is 11. The Hall–Kier alpha value is -4.36. The van der Waals surface area contributed by atoms with Crippen molar-refractivity contribution >= 4 is 23.8 Å². The molecule has 1 fully saturated rings. The Labute approximate surface area is 216 Å². The molecule has 2 aromatic carbocycles. The summed E-state index contributed by atoms with van der Waals surface area (Å²) in [6.45, 7) is -0.0185. The van der Waals surface area contributed by atoms with E-state index in [0.717, 1.165) is 22.4 Å². The van der Waals surface area contributed by atoms with Gasteiger partial charge in [-0.2, -0.15) is 5.01 Å². The largest absolute Gasteiger partial charge is 0.481 e. The molecule has 0 aliphatic carbocycles. The second-order valence-corrected chi connectivity index (χ2v) is 8.57. The molecule has 0 spiro atoms. The van der Waals surface area contributed by atoms with Gasteiger partial charge in [-0.15, -0.1) is 6.42 Å². The molecule has 1 atom stereocenters. The summed E-state index contributed by atoms with van der Waals surface area (Å²) in [4.78, 5) is 51.7. The summed E-state index contributed by atoms with van der Waals surface area (Å²) in [5, 5.41) is 17.6. The molecule has 4 amide bonds. The standard InChI is InChI=1S/C27H31N5O5/c1-2-16-30-19-24(33)31(20-32(30)27(37)29-18-22-12-7-4-8-13-22)23(17-25(34)35)26(36)28-15-9-14-21-10-5-3-6-11-21/h1,3-8,10-13,23H,9,14-20H2,(H,28,36)(H,29,37)(H,34,35)/t23-/m0/s1. The number of terminal acetylenes is 1. The lowest BCUT2D eigenvalue weighted by molar-refractivity contribution is -0.161. The van der Waals surface area contributed by atoms with Gasteiger partial charge < -0.3 is 20.6 Å². The smallest absolute Gasteiger partial charge is 0.333 e. The van der Waals surface area contributed by atoms with Crippen LogP contribution in [0.4, 0.5) is 4.79 Å². The first-order valence-electron chi connectivity index (χ1n) is 12.0. The molecule has 1 saturated heterocycles. The molecule has 0 saturated carbocycles. The van der Waals surface area contributed by atoms with Crippen molar-refractivity contribution in [3.63, 3.8) is 0 Å². The van der Waals surface area contributed by atoms with E-state index in [1.807, 2.05) is 60.7 Å². The van der Waals surface area contributed by atoms with Crippen LogP contribution in [0.25, 0.3) is 0 Å². The van der Waals surface area contributed by atoms with E-state index in [2.05, 4.69) is 16.6 Å². The van der Waals surface area contributed by atoms with Crippen molar-refractivity contribution in [1.29, 1.82) is 0 Å². The SMILES string of the molecule is C#CCN1CC(=O)N([C@@H](CC(=O)O)C(=O)NCCCc2ccccc2)CN1C(=O)NCc1ccccc1. The third kappa shape index (κ3) is 8.08. The minimum Gasteiger partial charge on any atom is -0.481 e. The summed E-state index contributed by atoms with van der Waals surface area (Å²) in [5.74, 6) is 0.114. The number of benzene rings is 2. The summed E-state index contributed by atoms with van der Waals surface area (Å²) in [6, 6.07) is 17.2. The summed E-state index contributed by atoms with van der Waals surface area (Å²) in [6.07, 6.45) is 6.23. The number of hydrogen-bond acceptors (Lipinski definition) is 5. The van der Waals surface area contributed by atoms with Crippen LogP contribution >= 0.6 is 0 Å². The highest BCUT2D eigenvalue weighted by atomic mass is 16.4. The van der Waals surface area contributed by atoms with Crippen LogP contribution in [0.1, 0.15) is 24.0 Å². The number of hydrogen-bond donors (Lipinski definition) is 3. The van der Waals surface area contributed by atoms with E-state index in [-0.39, 0.29) is 26.3 Å². The fourth-order valence-electron chi connectivity index (χ4n) is 4.00. The fraction of sp³-hybridized carbons (Fsp3) is 0.333. The van der Waals surface area contributed by atoms with E-state index in [1.165, 1.54) is 10.0 Å². The molecule has 3 N–H and O–H groups in total. The third-order valence-corrected chi connectivity index (χ3v) is 5.89. The van der Waals surface area contributed by atoms with Crippen LogP contribution in [0.5, 0.6) is 0 Å². The van der Waals surface area contributed by atoms with E-state index >= 15 is 0 Å². The molecule has 1 heterocycles. The Kier molecular flexibility index (Phi) is 10.0. The zero-order chi connectivity index (χ0) is 26.6. The highest BCUT2D eigenvalue weighted by molar-refractivity contribution is 5.92. The molecule has 10 heteroatoms. The molecular formula is C27H31N5O5. The Morgan fingerprint density at radius 2 is 1.65 bits per heavy atom. The summed E-state index contributed by atoms with van der Waals surface area (Å²) in [7, 11) is 0. The molecule has 0 radical (unpaired) electrons.